The minimum atomic E-state index is -1.27. The van der Waals surface area contributed by atoms with Gasteiger partial charge in [-0.25, -0.2) is 9.59 Å². The van der Waals surface area contributed by atoms with Gasteiger partial charge >= 0.3 is 12.0 Å². The topological polar surface area (TPSA) is 98.7 Å². The second-order valence-electron chi connectivity index (χ2n) is 2.98. The van der Waals surface area contributed by atoms with Gasteiger partial charge in [0.1, 0.15) is 0 Å². The maximum Gasteiger partial charge on any atom is 0.328 e. The molecule has 0 aliphatic heterocycles. The molecule has 0 spiro atoms. The second kappa shape index (κ2) is 6.09. The molecule has 0 aromatic carbocycles. The lowest BCUT2D eigenvalue weighted by molar-refractivity contribution is -0.140. The van der Waals surface area contributed by atoms with Crippen molar-refractivity contribution < 1.29 is 19.8 Å². The van der Waals surface area contributed by atoms with E-state index in [9.17, 15) is 9.59 Å². The molecule has 0 saturated heterocycles. The van der Waals surface area contributed by atoms with E-state index in [-0.39, 0.29) is 0 Å². The van der Waals surface area contributed by atoms with Gasteiger partial charge in [0.15, 0.2) is 6.04 Å². The van der Waals surface area contributed by atoms with Crippen LogP contribution in [0.5, 0.6) is 0 Å². The fourth-order valence-electron chi connectivity index (χ4n) is 0.975. The van der Waals surface area contributed by atoms with Gasteiger partial charge in [-0.1, -0.05) is 6.07 Å². The van der Waals surface area contributed by atoms with Gasteiger partial charge in [-0.15, -0.1) is 11.3 Å². The highest BCUT2D eigenvalue weighted by Crippen LogP contribution is 2.06. The molecule has 16 heavy (non-hydrogen) atoms. The highest BCUT2D eigenvalue weighted by molar-refractivity contribution is 7.09. The first kappa shape index (κ1) is 12.5. The molecule has 0 unspecified atom stereocenters. The largest absolute Gasteiger partial charge is 0.480 e. The van der Waals surface area contributed by atoms with Crippen LogP contribution in [0.1, 0.15) is 4.88 Å². The molecule has 0 aliphatic rings. The van der Waals surface area contributed by atoms with Gasteiger partial charge in [-0.2, -0.15) is 0 Å². The third-order valence-corrected chi connectivity index (χ3v) is 2.67. The van der Waals surface area contributed by atoms with Crippen LogP contribution in [0.15, 0.2) is 17.5 Å². The number of urea groups is 1. The van der Waals surface area contributed by atoms with Crippen LogP contribution in [0.3, 0.4) is 0 Å². The lowest BCUT2D eigenvalue weighted by atomic mass is 10.3. The smallest absolute Gasteiger partial charge is 0.328 e. The van der Waals surface area contributed by atoms with Crippen molar-refractivity contribution in [3.05, 3.63) is 22.4 Å². The Labute approximate surface area is 95.9 Å². The summed E-state index contributed by atoms with van der Waals surface area (Å²) < 4.78 is 0. The molecule has 1 aromatic rings. The molecule has 7 heteroatoms. The fourth-order valence-corrected chi connectivity index (χ4v) is 1.62. The van der Waals surface area contributed by atoms with Crippen LogP contribution >= 0.6 is 11.3 Å². The summed E-state index contributed by atoms with van der Waals surface area (Å²) in [5.41, 5.74) is 0. The Bertz CT molecular complexity index is 352. The summed E-state index contributed by atoms with van der Waals surface area (Å²) in [6.45, 7) is -0.303. The quantitative estimate of drug-likeness (QED) is 0.585. The molecular weight excluding hydrogens is 232 g/mol. The van der Waals surface area contributed by atoms with Crippen LogP contribution in [0.2, 0.25) is 0 Å². The van der Waals surface area contributed by atoms with Crippen LogP contribution in [-0.4, -0.2) is 34.9 Å². The van der Waals surface area contributed by atoms with Crippen molar-refractivity contribution in [1.29, 1.82) is 0 Å². The average molecular weight is 244 g/mol. The van der Waals surface area contributed by atoms with Crippen molar-refractivity contribution in [2.45, 2.75) is 12.6 Å². The van der Waals surface area contributed by atoms with E-state index >= 15 is 0 Å². The standard InChI is InChI=1S/C9H12N2O4S/c12-5-7(8(13)14)11-9(15)10-4-6-2-1-3-16-6/h1-3,7,12H,4-5H2,(H,13,14)(H2,10,11,15)/t7-/m1/s1. The minimum absolute atomic E-state index is 0.335. The molecule has 2 amide bonds. The number of carbonyl (C=O) groups excluding carboxylic acids is 1. The van der Waals surface area contributed by atoms with E-state index in [0.717, 1.165) is 4.88 Å². The highest BCUT2D eigenvalue weighted by atomic mass is 32.1. The van der Waals surface area contributed by atoms with Crippen molar-refractivity contribution in [3.63, 3.8) is 0 Å². The summed E-state index contributed by atoms with van der Waals surface area (Å²) >= 11 is 1.49. The first-order valence-electron chi connectivity index (χ1n) is 4.54. The monoisotopic (exact) mass is 244 g/mol. The number of aliphatic hydroxyl groups excluding tert-OH is 1. The van der Waals surface area contributed by atoms with Gasteiger partial charge in [-0.3, -0.25) is 0 Å². The van der Waals surface area contributed by atoms with E-state index in [1.54, 1.807) is 0 Å². The van der Waals surface area contributed by atoms with Crippen molar-refractivity contribution in [2.24, 2.45) is 0 Å². The Morgan fingerprint density at radius 1 is 1.50 bits per heavy atom. The van der Waals surface area contributed by atoms with Crippen LogP contribution in [0.4, 0.5) is 4.79 Å². The van der Waals surface area contributed by atoms with Gasteiger partial charge in [0, 0.05) is 4.88 Å². The summed E-state index contributed by atoms with van der Waals surface area (Å²) in [4.78, 5) is 22.7. The summed E-state index contributed by atoms with van der Waals surface area (Å²) in [7, 11) is 0. The number of aliphatic hydroxyl groups is 1. The summed E-state index contributed by atoms with van der Waals surface area (Å²) in [6, 6.07) is 1.82. The number of carboxylic acid groups (broad SMARTS) is 1. The molecule has 1 atom stereocenters. The van der Waals surface area contributed by atoms with Crippen LogP contribution in [0, 0.1) is 0 Å². The van der Waals surface area contributed by atoms with E-state index in [1.165, 1.54) is 11.3 Å². The molecule has 6 nitrogen and oxygen atoms in total. The van der Waals surface area contributed by atoms with Crippen LogP contribution in [-0.2, 0) is 11.3 Å². The lowest BCUT2D eigenvalue weighted by Gasteiger charge is -2.11. The first-order valence-corrected chi connectivity index (χ1v) is 5.42. The van der Waals surface area contributed by atoms with Crippen molar-refractivity contribution in [2.75, 3.05) is 6.61 Å². The minimum Gasteiger partial charge on any atom is -0.480 e. The number of carbonyl (C=O) groups is 2. The number of rotatable bonds is 5. The predicted molar refractivity (Wildman–Crippen MR) is 58.2 cm³/mol. The van der Waals surface area contributed by atoms with E-state index in [4.69, 9.17) is 10.2 Å². The van der Waals surface area contributed by atoms with Gasteiger partial charge in [0.2, 0.25) is 0 Å². The van der Waals surface area contributed by atoms with E-state index in [0.29, 0.717) is 6.54 Å². The fraction of sp³-hybridized carbons (Fsp3) is 0.333. The van der Waals surface area contributed by atoms with Gasteiger partial charge in [-0.05, 0) is 11.4 Å². The number of amides is 2. The number of carboxylic acids is 1. The third kappa shape index (κ3) is 3.87. The van der Waals surface area contributed by atoms with Gasteiger partial charge in [0.25, 0.3) is 0 Å². The molecule has 0 radical (unpaired) electrons. The van der Waals surface area contributed by atoms with E-state index in [2.05, 4.69) is 10.6 Å². The van der Waals surface area contributed by atoms with Crippen LogP contribution in [0.25, 0.3) is 0 Å². The maximum atomic E-state index is 11.2. The van der Waals surface area contributed by atoms with Crippen molar-refractivity contribution >= 4 is 23.3 Å². The van der Waals surface area contributed by atoms with E-state index in [1.807, 2.05) is 17.5 Å². The zero-order chi connectivity index (χ0) is 12.0. The average Bonchev–Trinajstić information content (AvgIpc) is 2.75. The summed E-state index contributed by atoms with van der Waals surface area (Å²) in [5, 5.41) is 23.8. The summed E-state index contributed by atoms with van der Waals surface area (Å²) in [5.74, 6) is -1.27. The highest BCUT2D eigenvalue weighted by Gasteiger charge is 2.18. The normalized spacial score (nSPS) is 11.8. The molecule has 1 rings (SSSR count). The molecule has 0 saturated carbocycles. The van der Waals surface area contributed by atoms with Crippen molar-refractivity contribution in [3.8, 4) is 0 Å². The lowest BCUT2D eigenvalue weighted by Crippen LogP contribution is -2.47. The zero-order valence-corrected chi connectivity index (χ0v) is 9.16. The number of aliphatic carboxylic acids is 1. The molecule has 88 valence electrons. The molecule has 1 aromatic heterocycles. The number of hydrogen-bond donors (Lipinski definition) is 4. The van der Waals surface area contributed by atoms with Crippen LogP contribution < -0.4 is 10.6 Å². The number of thiophene rings is 1. The number of nitrogens with one attached hydrogen (secondary N) is 2. The SMILES string of the molecule is O=C(NCc1cccs1)N[C@H](CO)C(=O)O. The molecule has 0 bridgehead atoms. The summed E-state index contributed by atoms with van der Waals surface area (Å²) in [6.07, 6.45) is 0. The Hall–Kier alpha value is -1.60. The maximum absolute atomic E-state index is 11.2. The van der Waals surface area contributed by atoms with Gasteiger partial charge < -0.3 is 20.8 Å². The third-order valence-electron chi connectivity index (χ3n) is 1.79. The molecule has 0 aliphatic carbocycles. The van der Waals surface area contributed by atoms with E-state index < -0.39 is 24.6 Å². The zero-order valence-electron chi connectivity index (χ0n) is 8.34. The van der Waals surface area contributed by atoms with Crippen molar-refractivity contribution in [1.82, 2.24) is 10.6 Å². The first-order chi connectivity index (χ1) is 7.63. The second-order valence-corrected chi connectivity index (χ2v) is 4.01. The molecule has 0 fully saturated rings. The number of hydrogen-bond acceptors (Lipinski definition) is 4. The van der Waals surface area contributed by atoms with Gasteiger partial charge in [0.05, 0.1) is 13.2 Å². The predicted octanol–water partition coefficient (Wildman–Crippen LogP) is -0.00720. The Morgan fingerprint density at radius 2 is 2.25 bits per heavy atom. The molecule has 4 N–H and O–H groups in total. The molecular formula is C9H12N2O4S. The Balaban J connectivity index is 2.33. The Kier molecular flexibility index (Phi) is 4.74. The molecule has 1 heterocycles. The Morgan fingerprint density at radius 3 is 2.75 bits per heavy atom.